The summed E-state index contributed by atoms with van der Waals surface area (Å²) in [6.07, 6.45) is 83.2. The molecule has 0 rings (SSSR count). The highest BCUT2D eigenvalue weighted by molar-refractivity contribution is 7.47. The normalized spacial score (nSPS) is 14.6. The van der Waals surface area contributed by atoms with Crippen molar-refractivity contribution in [2.24, 2.45) is 0 Å². The molecule has 0 aliphatic heterocycles. The van der Waals surface area contributed by atoms with Crippen molar-refractivity contribution in [3.63, 3.8) is 0 Å². The molecule has 3 N–H and O–H groups in total. The van der Waals surface area contributed by atoms with Gasteiger partial charge in [0.05, 0.1) is 32.8 Å². The van der Waals surface area contributed by atoms with Crippen LogP contribution in [0.15, 0.2) is 134 Å². The number of hydrogen-bond donors (Lipinski definition) is 3. The SMILES string of the molecule is CC/C=C\C/C=C\C/C=C\C/C=C\C/C=C\CC(=O)OC(COC(=O)CCCCCCCC/C=C\C/C=C\C/C=C\C/C=C\CC)COP(=O)(O)OCC(O)COP(=O)(O)OCC(COC(=O)CCCCCCC/C=C\C/C=C\CCCCC)OC(=O)CCCCCCCCCCCCCCC. The minimum atomic E-state index is -5.01. The summed E-state index contributed by atoms with van der Waals surface area (Å²) < 4.78 is 68.4. The number of phosphoric acid groups is 2. The Morgan fingerprint density at radius 1 is 0.294 bits per heavy atom. The number of rotatable bonds is 73. The van der Waals surface area contributed by atoms with E-state index in [9.17, 15) is 43.2 Å². The molecule has 0 aromatic heterocycles. The Balaban J connectivity index is 5.43. The average molecular weight is 1470 g/mol. The third-order valence-electron chi connectivity index (χ3n) is 16.1. The molecule has 0 fully saturated rings. The van der Waals surface area contributed by atoms with Crippen molar-refractivity contribution in [1.29, 1.82) is 0 Å². The van der Waals surface area contributed by atoms with Crippen molar-refractivity contribution in [1.82, 2.24) is 0 Å². The maximum absolute atomic E-state index is 13.1. The third kappa shape index (κ3) is 73.5. The van der Waals surface area contributed by atoms with Gasteiger partial charge in [0.2, 0.25) is 0 Å². The summed E-state index contributed by atoms with van der Waals surface area (Å²) >= 11 is 0. The standard InChI is InChI=1S/C83H140O17P2/c1-5-9-13-17-21-25-29-33-36-37-38-39-42-45-48-52-56-60-64-68-81(86)94-74-79(100-83(88)70-66-62-58-54-50-46-41-35-31-27-23-19-15-11-7-3)76-98-102(91,92)96-72-77(84)71-95-101(89,90)97-75-78(99-82(87)69-65-61-57-53-49-43-32-28-24-20-16-12-8-4)73-93-80(85)67-63-59-55-51-47-44-40-34-30-26-22-18-14-10-6-2/h9,11,13,15,21-23,25-27,33-36,38-41,50,54,62,66,77-79,84H,5-8,10,12,14,16-20,24,28-32,37,42-49,51-53,55-61,63-65,67-76H2,1-4H3,(H,89,90)(H,91,92)/b13-9-,15-11-,25-21-,26-22-,27-23-,36-33-,39-38-,40-34-,41-35-,54-50-,66-62-. The van der Waals surface area contributed by atoms with Gasteiger partial charge >= 0.3 is 39.5 Å². The van der Waals surface area contributed by atoms with Gasteiger partial charge in [-0.25, -0.2) is 9.13 Å². The van der Waals surface area contributed by atoms with Crippen LogP contribution in [0.2, 0.25) is 0 Å². The summed E-state index contributed by atoms with van der Waals surface area (Å²) in [6.45, 7) is 4.49. The molecular formula is C83H140O17P2. The highest BCUT2D eigenvalue weighted by atomic mass is 31.2. The Hall–Kier alpha value is -4.80. The van der Waals surface area contributed by atoms with Gasteiger partial charge in [0, 0.05) is 19.3 Å². The lowest BCUT2D eigenvalue weighted by atomic mass is 10.0. The topological polar surface area (TPSA) is 237 Å². The van der Waals surface area contributed by atoms with Crippen LogP contribution in [0.4, 0.5) is 0 Å². The minimum Gasteiger partial charge on any atom is -0.462 e. The first-order chi connectivity index (χ1) is 49.7. The van der Waals surface area contributed by atoms with E-state index in [1.807, 2.05) is 12.2 Å². The molecule has 0 aliphatic rings. The van der Waals surface area contributed by atoms with Gasteiger partial charge in [-0.1, -0.05) is 296 Å². The molecule has 19 heteroatoms. The number of aliphatic hydroxyl groups excluding tert-OH is 1. The maximum atomic E-state index is 13.1. The van der Waals surface area contributed by atoms with Crippen molar-refractivity contribution >= 4 is 39.5 Å². The van der Waals surface area contributed by atoms with Gasteiger partial charge in [-0.05, 0) is 122 Å². The number of carbonyl (C=O) groups excluding carboxylic acids is 4. The van der Waals surface area contributed by atoms with Crippen LogP contribution < -0.4 is 0 Å². The molecular weight excluding hydrogens is 1330 g/mol. The summed E-state index contributed by atoms with van der Waals surface area (Å²) in [7, 11) is -9.99. The van der Waals surface area contributed by atoms with E-state index in [2.05, 4.69) is 137 Å². The Bertz CT molecular complexity index is 2460. The molecule has 0 aromatic rings. The first-order valence-electron chi connectivity index (χ1n) is 39.4. The Labute approximate surface area is 618 Å². The van der Waals surface area contributed by atoms with Gasteiger partial charge in [-0.2, -0.15) is 0 Å². The molecule has 0 spiro atoms. The van der Waals surface area contributed by atoms with Crippen LogP contribution in [0.5, 0.6) is 0 Å². The van der Waals surface area contributed by atoms with Gasteiger partial charge < -0.3 is 33.8 Å². The Morgan fingerprint density at radius 3 is 0.892 bits per heavy atom. The predicted octanol–water partition coefficient (Wildman–Crippen LogP) is 22.9. The summed E-state index contributed by atoms with van der Waals surface area (Å²) in [5.41, 5.74) is 0. The number of esters is 4. The zero-order chi connectivity index (χ0) is 74.6. The van der Waals surface area contributed by atoms with E-state index in [1.54, 1.807) is 12.2 Å². The van der Waals surface area contributed by atoms with Crippen LogP contribution in [-0.4, -0.2) is 96.7 Å². The highest BCUT2D eigenvalue weighted by Crippen LogP contribution is 2.45. The van der Waals surface area contributed by atoms with E-state index >= 15 is 0 Å². The molecule has 0 radical (unpaired) electrons. The lowest BCUT2D eigenvalue weighted by molar-refractivity contribution is -0.161. The zero-order valence-electron chi connectivity index (χ0n) is 63.7. The van der Waals surface area contributed by atoms with E-state index in [-0.39, 0.29) is 25.7 Å². The van der Waals surface area contributed by atoms with E-state index in [4.69, 9.17) is 37.0 Å². The van der Waals surface area contributed by atoms with Crippen LogP contribution in [0.3, 0.4) is 0 Å². The van der Waals surface area contributed by atoms with Gasteiger partial charge in [-0.15, -0.1) is 0 Å². The van der Waals surface area contributed by atoms with Crippen LogP contribution in [0.1, 0.15) is 310 Å². The molecule has 0 aromatic carbocycles. The largest absolute Gasteiger partial charge is 0.472 e. The number of hydrogen-bond acceptors (Lipinski definition) is 15. The molecule has 17 nitrogen and oxygen atoms in total. The van der Waals surface area contributed by atoms with E-state index in [1.165, 1.54) is 70.6 Å². The number of carbonyl (C=O) groups is 4. The summed E-state index contributed by atoms with van der Waals surface area (Å²) in [5.74, 6) is -2.35. The molecule has 0 heterocycles. The number of aliphatic hydroxyl groups is 1. The fourth-order valence-electron chi connectivity index (χ4n) is 10.2. The monoisotopic (exact) mass is 1470 g/mol. The molecule has 0 saturated carbocycles. The van der Waals surface area contributed by atoms with Crippen LogP contribution in [-0.2, 0) is 65.4 Å². The molecule has 0 amide bonds. The smallest absolute Gasteiger partial charge is 0.462 e. The Morgan fingerprint density at radius 2 is 0.549 bits per heavy atom. The quantitative estimate of drug-likeness (QED) is 0.0169. The fourth-order valence-corrected chi connectivity index (χ4v) is 11.8. The van der Waals surface area contributed by atoms with Gasteiger partial charge in [-0.3, -0.25) is 37.3 Å². The van der Waals surface area contributed by atoms with Crippen LogP contribution in [0.25, 0.3) is 0 Å². The second-order valence-corrected chi connectivity index (χ2v) is 28.8. The van der Waals surface area contributed by atoms with E-state index < -0.39 is 97.5 Å². The van der Waals surface area contributed by atoms with Crippen molar-refractivity contribution in [2.75, 3.05) is 39.6 Å². The summed E-state index contributed by atoms with van der Waals surface area (Å²) in [4.78, 5) is 72.9. The molecule has 5 unspecified atom stereocenters. The lowest BCUT2D eigenvalue weighted by Gasteiger charge is -2.21. The summed E-state index contributed by atoms with van der Waals surface area (Å²) in [6, 6.07) is 0. The number of unbranched alkanes of at least 4 members (excludes halogenated alkanes) is 26. The molecule has 102 heavy (non-hydrogen) atoms. The first-order valence-corrected chi connectivity index (χ1v) is 42.4. The highest BCUT2D eigenvalue weighted by Gasteiger charge is 2.30. The second kappa shape index (κ2) is 74.5. The van der Waals surface area contributed by atoms with Crippen molar-refractivity contribution in [3.05, 3.63) is 134 Å². The fraction of sp³-hybridized carbons (Fsp3) is 0.687. The molecule has 584 valence electrons. The number of phosphoric ester groups is 2. The Kier molecular flexibility index (Phi) is 71.0. The minimum absolute atomic E-state index is 0.0903. The maximum Gasteiger partial charge on any atom is 0.472 e. The molecule has 5 atom stereocenters. The van der Waals surface area contributed by atoms with Crippen molar-refractivity contribution in [2.45, 2.75) is 329 Å². The van der Waals surface area contributed by atoms with E-state index in [0.717, 1.165) is 161 Å². The predicted molar refractivity (Wildman–Crippen MR) is 418 cm³/mol. The molecule has 0 aliphatic carbocycles. The van der Waals surface area contributed by atoms with Crippen molar-refractivity contribution < 1.29 is 80.2 Å². The van der Waals surface area contributed by atoms with Crippen LogP contribution >= 0.6 is 15.6 Å². The van der Waals surface area contributed by atoms with Gasteiger partial charge in [0.25, 0.3) is 0 Å². The first kappa shape index (κ1) is 97.2. The van der Waals surface area contributed by atoms with Gasteiger partial charge in [0.15, 0.2) is 12.2 Å². The zero-order valence-corrected chi connectivity index (χ0v) is 65.5. The van der Waals surface area contributed by atoms with Crippen LogP contribution in [0, 0.1) is 0 Å². The lowest BCUT2D eigenvalue weighted by Crippen LogP contribution is -2.30. The number of ether oxygens (including phenoxy) is 4. The molecule has 0 saturated heterocycles. The third-order valence-corrected chi connectivity index (χ3v) is 18.0. The van der Waals surface area contributed by atoms with E-state index in [0.29, 0.717) is 25.7 Å². The molecule has 0 bridgehead atoms. The van der Waals surface area contributed by atoms with Gasteiger partial charge in [0.1, 0.15) is 19.3 Å². The van der Waals surface area contributed by atoms with Crippen molar-refractivity contribution in [3.8, 4) is 0 Å². The number of allylic oxidation sites excluding steroid dienone is 21. The second-order valence-electron chi connectivity index (χ2n) is 25.9. The summed E-state index contributed by atoms with van der Waals surface area (Å²) in [5, 5.41) is 10.6. The average Bonchev–Trinajstić information content (AvgIpc) is 0.907.